The zero-order valence-corrected chi connectivity index (χ0v) is 14.7. The molecule has 0 amide bonds. The number of carbonyl (C=O) groups is 1. The van der Waals surface area contributed by atoms with Crippen molar-refractivity contribution in [1.82, 2.24) is 0 Å². The number of carbonyl (C=O) groups excluding carboxylic acids is 1. The third-order valence-corrected chi connectivity index (χ3v) is 4.65. The van der Waals surface area contributed by atoms with Gasteiger partial charge in [0.15, 0.2) is 0 Å². The van der Waals surface area contributed by atoms with Gasteiger partial charge in [-0.15, -0.1) is 0 Å². The zero-order chi connectivity index (χ0) is 18.3. The lowest BCUT2D eigenvalue weighted by Gasteiger charge is -2.10. The quantitative estimate of drug-likeness (QED) is 0.570. The molecule has 0 fully saturated rings. The van der Waals surface area contributed by atoms with Crippen LogP contribution in [-0.4, -0.2) is 41.8 Å². The fraction of sp³-hybridized carbons (Fsp3) is 0.235. The number of ether oxygens (including phenoxy) is 3. The van der Waals surface area contributed by atoms with Gasteiger partial charge in [0.2, 0.25) is 0 Å². The normalized spacial score (nSPS) is 11.0. The molecule has 0 aliphatic rings. The number of nitrogens with one attached hydrogen (secondary N) is 1. The zero-order valence-electron chi connectivity index (χ0n) is 13.9. The van der Waals surface area contributed by atoms with Crippen LogP contribution >= 0.6 is 0 Å². The minimum Gasteiger partial charge on any atom is -0.491 e. The molecule has 2 aromatic rings. The second-order valence-corrected chi connectivity index (χ2v) is 6.67. The molecule has 134 valence electrons. The van der Waals surface area contributed by atoms with E-state index in [1.807, 2.05) is 0 Å². The van der Waals surface area contributed by atoms with Crippen molar-refractivity contribution in [2.24, 2.45) is 0 Å². The summed E-state index contributed by atoms with van der Waals surface area (Å²) in [5, 5.41) is 0. The fourth-order valence-corrected chi connectivity index (χ4v) is 3.02. The Morgan fingerprint density at radius 2 is 1.60 bits per heavy atom. The van der Waals surface area contributed by atoms with E-state index in [9.17, 15) is 13.2 Å². The molecular formula is C17H19NO6S. The van der Waals surface area contributed by atoms with Crippen molar-refractivity contribution in [3.05, 3.63) is 54.1 Å². The molecule has 1 N–H and O–H groups in total. The minimum atomic E-state index is -3.74. The number of esters is 1. The maximum Gasteiger partial charge on any atom is 0.337 e. The molecule has 0 unspecified atom stereocenters. The van der Waals surface area contributed by atoms with E-state index >= 15 is 0 Å². The first kappa shape index (κ1) is 18.8. The smallest absolute Gasteiger partial charge is 0.337 e. The standard InChI is InChI=1S/C17H19NO6S/c1-22-11-12-24-15-7-9-16(10-8-15)25(20,21)18-14-5-3-13(4-6-14)17(19)23-2/h3-10,18H,11-12H2,1-2H3. The summed E-state index contributed by atoms with van der Waals surface area (Å²) in [4.78, 5) is 11.5. The van der Waals surface area contributed by atoms with E-state index < -0.39 is 16.0 Å². The van der Waals surface area contributed by atoms with Crippen LogP contribution in [-0.2, 0) is 19.5 Å². The van der Waals surface area contributed by atoms with Gasteiger partial charge in [-0.1, -0.05) is 0 Å². The minimum absolute atomic E-state index is 0.101. The van der Waals surface area contributed by atoms with Gasteiger partial charge < -0.3 is 14.2 Å². The van der Waals surface area contributed by atoms with Crippen LogP contribution in [0.5, 0.6) is 5.75 Å². The average Bonchev–Trinajstić information content (AvgIpc) is 2.62. The fourth-order valence-electron chi connectivity index (χ4n) is 1.96. The van der Waals surface area contributed by atoms with Crippen molar-refractivity contribution in [2.45, 2.75) is 4.90 Å². The number of anilines is 1. The maximum atomic E-state index is 12.4. The topological polar surface area (TPSA) is 90.9 Å². The Bertz CT molecular complexity index is 800. The number of sulfonamides is 1. The summed E-state index contributed by atoms with van der Waals surface area (Å²) in [5.74, 6) is 0.0666. The van der Waals surface area contributed by atoms with E-state index in [2.05, 4.69) is 9.46 Å². The molecule has 7 nitrogen and oxygen atoms in total. The molecule has 0 atom stereocenters. The van der Waals surface area contributed by atoms with Crippen molar-refractivity contribution in [2.75, 3.05) is 32.2 Å². The van der Waals surface area contributed by atoms with E-state index in [-0.39, 0.29) is 4.90 Å². The van der Waals surface area contributed by atoms with Gasteiger partial charge in [0.25, 0.3) is 10.0 Å². The Hall–Kier alpha value is -2.58. The maximum absolute atomic E-state index is 12.4. The van der Waals surface area contributed by atoms with Crippen LogP contribution in [0.3, 0.4) is 0 Å². The number of benzene rings is 2. The van der Waals surface area contributed by atoms with Gasteiger partial charge in [-0.2, -0.15) is 0 Å². The van der Waals surface area contributed by atoms with Crippen LogP contribution < -0.4 is 9.46 Å². The van der Waals surface area contributed by atoms with E-state index in [0.29, 0.717) is 30.2 Å². The van der Waals surface area contributed by atoms with Crippen LogP contribution in [0.25, 0.3) is 0 Å². The van der Waals surface area contributed by atoms with Crippen molar-refractivity contribution in [3.8, 4) is 5.75 Å². The molecule has 2 rings (SSSR count). The van der Waals surface area contributed by atoms with E-state index in [1.165, 1.54) is 43.5 Å². The highest BCUT2D eigenvalue weighted by Gasteiger charge is 2.14. The van der Waals surface area contributed by atoms with Gasteiger partial charge >= 0.3 is 5.97 Å². The SMILES string of the molecule is COCCOc1ccc(S(=O)(=O)Nc2ccc(C(=O)OC)cc2)cc1. The summed E-state index contributed by atoms with van der Waals surface area (Å²) in [5.41, 5.74) is 0.677. The molecule has 0 aliphatic carbocycles. The summed E-state index contributed by atoms with van der Waals surface area (Å²) in [6.45, 7) is 0.830. The average molecular weight is 365 g/mol. The van der Waals surface area contributed by atoms with E-state index in [4.69, 9.17) is 9.47 Å². The molecule has 0 aromatic heterocycles. The van der Waals surface area contributed by atoms with Gasteiger partial charge in [-0.3, -0.25) is 4.72 Å². The highest BCUT2D eigenvalue weighted by atomic mass is 32.2. The molecule has 0 bridgehead atoms. The van der Waals surface area contributed by atoms with Gasteiger partial charge in [0.1, 0.15) is 12.4 Å². The predicted molar refractivity (Wildman–Crippen MR) is 92.4 cm³/mol. The van der Waals surface area contributed by atoms with Crippen LogP contribution in [0.4, 0.5) is 5.69 Å². The largest absolute Gasteiger partial charge is 0.491 e. The molecule has 0 radical (unpaired) electrons. The van der Waals surface area contributed by atoms with Crippen LogP contribution in [0, 0.1) is 0 Å². The van der Waals surface area contributed by atoms with Gasteiger partial charge in [-0.25, -0.2) is 13.2 Å². The Kier molecular flexibility index (Phi) is 6.37. The molecule has 8 heteroatoms. The molecule has 0 heterocycles. The van der Waals surface area contributed by atoms with Crippen molar-refractivity contribution in [1.29, 1.82) is 0 Å². The summed E-state index contributed by atoms with van der Waals surface area (Å²) in [6.07, 6.45) is 0. The first-order valence-corrected chi connectivity index (χ1v) is 8.87. The lowest BCUT2D eigenvalue weighted by Crippen LogP contribution is -2.13. The Balaban J connectivity index is 2.06. The molecule has 0 saturated heterocycles. The van der Waals surface area contributed by atoms with Crippen molar-refractivity contribution in [3.63, 3.8) is 0 Å². The van der Waals surface area contributed by atoms with Gasteiger partial charge in [0, 0.05) is 12.8 Å². The molecule has 25 heavy (non-hydrogen) atoms. The second kappa shape index (κ2) is 8.50. The molecule has 2 aromatic carbocycles. The third kappa shape index (κ3) is 5.20. The summed E-state index contributed by atoms with van der Waals surface area (Å²) in [6, 6.07) is 12.0. The van der Waals surface area contributed by atoms with Crippen molar-refractivity contribution < 1.29 is 27.4 Å². The Morgan fingerprint density at radius 3 is 2.16 bits per heavy atom. The summed E-state index contributed by atoms with van der Waals surface area (Å²) in [7, 11) is -0.889. The van der Waals surface area contributed by atoms with Gasteiger partial charge in [-0.05, 0) is 48.5 Å². The number of methoxy groups -OCH3 is 2. The molecular weight excluding hydrogens is 346 g/mol. The lowest BCUT2D eigenvalue weighted by atomic mass is 10.2. The Labute approximate surface area is 146 Å². The third-order valence-electron chi connectivity index (χ3n) is 3.25. The van der Waals surface area contributed by atoms with Crippen LogP contribution in [0.15, 0.2) is 53.4 Å². The van der Waals surface area contributed by atoms with Gasteiger partial charge in [0.05, 0.1) is 24.2 Å². The van der Waals surface area contributed by atoms with Crippen molar-refractivity contribution >= 4 is 21.7 Å². The van der Waals surface area contributed by atoms with Crippen LogP contribution in [0.1, 0.15) is 10.4 Å². The molecule has 0 spiro atoms. The molecule has 0 saturated carbocycles. The first-order chi connectivity index (χ1) is 12.0. The molecule has 0 aliphatic heterocycles. The first-order valence-electron chi connectivity index (χ1n) is 7.39. The van der Waals surface area contributed by atoms with E-state index in [1.54, 1.807) is 19.2 Å². The van der Waals surface area contributed by atoms with E-state index in [0.717, 1.165) is 0 Å². The van der Waals surface area contributed by atoms with Crippen LogP contribution in [0.2, 0.25) is 0 Å². The number of hydrogen-bond acceptors (Lipinski definition) is 6. The monoisotopic (exact) mass is 365 g/mol. The number of hydrogen-bond donors (Lipinski definition) is 1. The summed E-state index contributed by atoms with van der Waals surface area (Å²) >= 11 is 0. The predicted octanol–water partition coefficient (Wildman–Crippen LogP) is 2.30. The second-order valence-electron chi connectivity index (χ2n) is 4.99. The Morgan fingerprint density at radius 1 is 0.960 bits per heavy atom. The highest BCUT2D eigenvalue weighted by molar-refractivity contribution is 7.92. The number of rotatable bonds is 8. The lowest BCUT2D eigenvalue weighted by molar-refractivity contribution is 0.0601. The highest BCUT2D eigenvalue weighted by Crippen LogP contribution is 2.20. The summed E-state index contributed by atoms with van der Waals surface area (Å²) < 4.78 is 42.1.